The lowest BCUT2D eigenvalue weighted by Crippen LogP contribution is -2.37. The lowest BCUT2D eigenvalue weighted by atomic mass is 9.79. The molecule has 1 nitrogen and oxygen atoms in total. The molecule has 1 aliphatic rings. The van der Waals surface area contributed by atoms with Crippen LogP contribution in [0.2, 0.25) is 0 Å². The zero-order valence-corrected chi connectivity index (χ0v) is 11.9. The Hall–Kier alpha value is -0.820. The minimum Gasteiger partial charge on any atom is -0.313 e. The summed E-state index contributed by atoms with van der Waals surface area (Å²) in [6.07, 6.45) is 7.87. The molecule has 100 valence electrons. The Kier molecular flexibility index (Phi) is 5.25. The lowest BCUT2D eigenvalue weighted by molar-refractivity contribution is 0.328. The van der Waals surface area contributed by atoms with Crippen LogP contribution in [0, 0.1) is 0 Å². The highest BCUT2D eigenvalue weighted by molar-refractivity contribution is 5.28. The fourth-order valence-electron chi connectivity index (χ4n) is 3.15. The molecule has 1 aromatic rings. The molecule has 2 unspecified atom stereocenters. The minimum absolute atomic E-state index is 0.700. The second kappa shape index (κ2) is 6.94. The summed E-state index contributed by atoms with van der Waals surface area (Å²) in [5, 5.41) is 3.76. The van der Waals surface area contributed by atoms with Crippen molar-refractivity contribution in [1.29, 1.82) is 0 Å². The summed E-state index contributed by atoms with van der Waals surface area (Å²) in [5.74, 6) is 0.733. The number of hydrogen-bond donors (Lipinski definition) is 1. The number of nitrogens with one attached hydrogen (secondary N) is 1. The molecule has 1 aromatic carbocycles. The normalized spacial score (nSPS) is 24.1. The molecular formula is C17H27N. The van der Waals surface area contributed by atoms with Crippen molar-refractivity contribution < 1.29 is 0 Å². The molecule has 1 saturated carbocycles. The number of hydrogen-bond acceptors (Lipinski definition) is 1. The molecule has 0 heterocycles. The molecule has 0 spiro atoms. The van der Waals surface area contributed by atoms with Crippen LogP contribution < -0.4 is 5.32 Å². The Bertz CT molecular complexity index is 358. The Balaban J connectivity index is 2.11. The van der Waals surface area contributed by atoms with Crippen LogP contribution in [0.15, 0.2) is 24.3 Å². The van der Waals surface area contributed by atoms with Crippen molar-refractivity contribution in [2.75, 3.05) is 6.54 Å². The Labute approximate surface area is 112 Å². The topological polar surface area (TPSA) is 12.0 Å². The van der Waals surface area contributed by atoms with Gasteiger partial charge >= 0.3 is 0 Å². The molecule has 2 rings (SSSR count). The summed E-state index contributed by atoms with van der Waals surface area (Å²) in [4.78, 5) is 0. The molecule has 0 bridgehead atoms. The van der Waals surface area contributed by atoms with E-state index in [0.717, 1.165) is 18.9 Å². The third-order valence-electron chi connectivity index (χ3n) is 4.21. The SMILES string of the molecule is CCCNC1CCCCC1c1cccc(CC)c1. The molecule has 0 aromatic heterocycles. The summed E-state index contributed by atoms with van der Waals surface area (Å²) in [7, 11) is 0. The van der Waals surface area contributed by atoms with Gasteiger partial charge in [-0.15, -0.1) is 0 Å². The first kappa shape index (κ1) is 13.6. The second-order valence-electron chi connectivity index (χ2n) is 5.55. The van der Waals surface area contributed by atoms with Crippen molar-refractivity contribution >= 4 is 0 Å². The van der Waals surface area contributed by atoms with Crippen molar-refractivity contribution in [3.63, 3.8) is 0 Å². The van der Waals surface area contributed by atoms with Crippen LogP contribution in [-0.4, -0.2) is 12.6 Å². The zero-order chi connectivity index (χ0) is 12.8. The van der Waals surface area contributed by atoms with Crippen molar-refractivity contribution in [2.45, 2.75) is 64.3 Å². The third-order valence-corrected chi connectivity index (χ3v) is 4.21. The summed E-state index contributed by atoms with van der Waals surface area (Å²) in [6, 6.07) is 9.94. The highest BCUT2D eigenvalue weighted by Crippen LogP contribution is 2.33. The standard InChI is InChI=1S/C17H27N/c1-3-12-18-17-11-6-5-10-16(17)15-9-7-8-14(4-2)13-15/h7-9,13,16-18H,3-6,10-12H2,1-2H3. The van der Waals surface area contributed by atoms with E-state index < -0.39 is 0 Å². The fraction of sp³-hybridized carbons (Fsp3) is 0.647. The number of benzene rings is 1. The van der Waals surface area contributed by atoms with E-state index >= 15 is 0 Å². The first-order valence-electron chi connectivity index (χ1n) is 7.67. The van der Waals surface area contributed by atoms with E-state index in [0.29, 0.717) is 6.04 Å². The van der Waals surface area contributed by atoms with Crippen LogP contribution in [0.25, 0.3) is 0 Å². The molecule has 0 saturated heterocycles. The summed E-state index contributed by atoms with van der Waals surface area (Å²) in [5.41, 5.74) is 3.04. The van der Waals surface area contributed by atoms with Gasteiger partial charge in [0.05, 0.1) is 0 Å². The smallest absolute Gasteiger partial charge is 0.0136 e. The third kappa shape index (κ3) is 3.35. The quantitative estimate of drug-likeness (QED) is 0.816. The molecule has 1 heteroatoms. The second-order valence-corrected chi connectivity index (χ2v) is 5.55. The maximum Gasteiger partial charge on any atom is 0.0136 e. The average molecular weight is 245 g/mol. The van der Waals surface area contributed by atoms with Gasteiger partial charge in [0.1, 0.15) is 0 Å². The van der Waals surface area contributed by atoms with Crippen LogP contribution in [0.3, 0.4) is 0 Å². The van der Waals surface area contributed by atoms with Gasteiger partial charge in [-0.3, -0.25) is 0 Å². The van der Waals surface area contributed by atoms with Gasteiger partial charge in [-0.25, -0.2) is 0 Å². The largest absolute Gasteiger partial charge is 0.313 e. The summed E-state index contributed by atoms with van der Waals surface area (Å²) in [6.45, 7) is 5.66. The van der Waals surface area contributed by atoms with E-state index in [1.54, 1.807) is 5.56 Å². The summed E-state index contributed by atoms with van der Waals surface area (Å²) >= 11 is 0. The van der Waals surface area contributed by atoms with Crippen LogP contribution in [0.5, 0.6) is 0 Å². The van der Waals surface area contributed by atoms with Crippen LogP contribution >= 0.6 is 0 Å². The Morgan fingerprint density at radius 2 is 2.00 bits per heavy atom. The molecule has 1 fully saturated rings. The van der Waals surface area contributed by atoms with Crippen LogP contribution in [0.4, 0.5) is 0 Å². The molecule has 18 heavy (non-hydrogen) atoms. The predicted octanol–water partition coefficient (Wildman–Crippen LogP) is 4.27. The van der Waals surface area contributed by atoms with E-state index in [4.69, 9.17) is 0 Å². The first-order chi connectivity index (χ1) is 8.85. The Morgan fingerprint density at radius 3 is 2.78 bits per heavy atom. The molecular weight excluding hydrogens is 218 g/mol. The van der Waals surface area contributed by atoms with Crippen molar-refractivity contribution in [1.82, 2.24) is 5.32 Å². The lowest BCUT2D eigenvalue weighted by Gasteiger charge is -2.33. The van der Waals surface area contributed by atoms with Crippen molar-refractivity contribution in [3.8, 4) is 0 Å². The van der Waals surface area contributed by atoms with Gasteiger partial charge in [-0.05, 0) is 49.3 Å². The fourth-order valence-corrected chi connectivity index (χ4v) is 3.15. The molecule has 1 N–H and O–H groups in total. The Morgan fingerprint density at radius 1 is 1.17 bits per heavy atom. The van der Waals surface area contributed by atoms with E-state index in [2.05, 4.69) is 43.4 Å². The van der Waals surface area contributed by atoms with Crippen LogP contribution in [-0.2, 0) is 6.42 Å². The van der Waals surface area contributed by atoms with Crippen LogP contribution in [0.1, 0.15) is 63.0 Å². The molecule has 0 aliphatic heterocycles. The first-order valence-corrected chi connectivity index (χ1v) is 7.67. The molecule has 0 radical (unpaired) electrons. The highest BCUT2D eigenvalue weighted by atomic mass is 14.9. The predicted molar refractivity (Wildman–Crippen MR) is 79.1 cm³/mol. The molecule has 2 atom stereocenters. The van der Waals surface area contributed by atoms with Gasteiger partial charge in [-0.1, -0.05) is 51.0 Å². The van der Waals surface area contributed by atoms with Gasteiger partial charge in [-0.2, -0.15) is 0 Å². The molecule has 1 aliphatic carbocycles. The van der Waals surface area contributed by atoms with E-state index in [1.165, 1.54) is 37.7 Å². The van der Waals surface area contributed by atoms with Gasteiger partial charge < -0.3 is 5.32 Å². The minimum atomic E-state index is 0.700. The summed E-state index contributed by atoms with van der Waals surface area (Å²) < 4.78 is 0. The highest BCUT2D eigenvalue weighted by Gasteiger charge is 2.25. The number of aryl methyl sites for hydroxylation is 1. The van der Waals surface area contributed by atoms with E-state index in [-0.39, 0.29) is 0 Å². The monoisotopic (exact) mass is 245 g/mol. The average Bonchev–Trinajstić information content (AvgIpc) is 2.45. The van der Waals surface area contributed by atoms with Gasteiger partial charge in [0.25, 0.3) is 0 Å². The maximum atomic E-state index is 3.76. The van der Waals surface area contributed by atoms with E-state index in [1.807, 2.05) is 0 Å². The maximum absolute atomic E-state index is 3.76. The van der Waals surface area contributed by atoms with Gasteiger partial charge in [0.15, 0.2) is 0 Å². The molecule has 0 amide bonds. The zero-order valence-electron chi connectivity index (χ0n) is 11.9. The van der Waals surface area contributed by atoms with Crippen molar-refractivity contribution in [2.24, 2.45) is 0 Å². The van der Waals surface area contributed by atoms with Gasteiger partial charge in [0, 0.05) is 6.04 Å². The van der Waals surface area contributed by atoms with Gasteiger partial charge in [0.2, 0.25) is 0 Å². The van der Waals surface area contributed by atoms with E-state index in [9.17, 15) is 0 Å². The van der Waals surface area contributed by atoms with Crippen molar-refractivity contribution in [3.05, 3.63) is 35.4 Å². The number of rotatable bonds is 5.